The number of thiocarbonyl (C=S) groups is 1. The molecular formula is C12H15ClN2OS. The molecule has 0 radical (unpaired) electrons. The molecule has 3 nitrogen and oxygen atoms in total. The van der Waals surface area contributed by atoms with Crippen LogP contribution < -0.4 is 10.6 Å². The molecule has 0 bridgehead atoms. The van der Waals surface area contributed by atoms with Crippen molar-refractivity contribution in [1.82, 2.24) is 0 Å². The molecule has 1 aromatic rings. The minimum atomic E-state index is 0.330. The van der Waals surface area contributed by atoms with Gasteiger partial charge in [0.05, 0.1) is 18.2 Å². The van der Waals surface area contributed by atoms with E-state index in [1.807, 2.05) is 18.2 Å². The first-order valence-corrected chi connectivity index (χ1v) is 6.32. The number of nitrogens with two attached hydrogens (primary N) is 1. The monoisotopic (exact) mass is 270 g/mol. The van der Waals surface area contributed by atoms with Crippen LogP contribution in [0.1, 0.15) is 12.5 Å². The van der Waals surface area contributed by atoms with Gasteiger partial charge in [-0.2, -0.15) is 0 Å². The molecule has 1 aromatic carbocycles. The summed E-state index contributed by atoms with van der Waals surface area (Å²) in [4.78, 5) is 2.61. The first-order chi connectivity index (χ1) is 8.09. The quantitative estimate of drug-likeness (QED) is 0.837. The Kier molecular flexibility index (Phi) is 3.86. The second kappa shape index (κ2) is 5.21. The molecule has 1 saturated heterocycles. The molecule has 1 heterocycles. The molecule has 1 aliphatic heterocycles. The number of anilines is 1. The van der Waals surface area contributed by atoms with Gasteiger partial charge in [-0.25, -0.2) is 0 Å². The van der Waals surface area contributed by atoms with E-state index in [9.17, 15) is 0 Å². The van der Waals surface area contributed by atoms with E-state index in [1.54, 1.807) is 0 Å². The minimum absolute atomic E-state index is 0.330. The summed E-state index contributed by atoms with van der Waals surface area (Å²) >= 11 is 11.1. The number of benzene rings is 1. The van der Waals surface area contributed by atoms with Gasteiger partial charge >= 0.3 is 0 Å². The van der Waals surface area contributed by atoms with Crippen molar-refractivity contribution < 1.29 is 4.74 Å². The van der Waals surface area contributed by atoms with Crippen LogP contribution in [0.5, 0.6) is 0 Å². The third-order valence-electron chi connectivity index (χ3n) is 2.92. The van der Waals surface area contributed by atoms with Crippen LogP contribution in [0.4, 0.5) is 5.69 Å². The molecule has 0 aromatic heterocycles. The number of rotatable bonds is 2. The number of ether oxygens (including phenoxy) is 1. The van der Waals surface area contributed by atoms with Gasteiger partial charge in [0.1, 0.15) is 4.99 Å². The maximum absolute atomic E-state index is 6.17. The van der Waals surface area contributed by atoms with Gasteiger partial charge in [0.15, 0.2) is 0 Å². The Hall–Kier alpha value is -0.840. The molecular weight excluding hydrogens is 256 g/mol. The average molecular weight is 271 g/mol. The van der Waals surface area contributed by atoms with E-state index in [0.717, 1.165) is 31.0 Å². The van der Waals surface area contributed by atoms with E-state index < -0.39 is 0 Å². The van der Waals surface area contributed by atoms with Crippen molar-refractivity contribution in [3.63, 3.8) is 0 Å². The fourth-order valence-corrected chi connectivity index (χ4v) is 2.50. The van der Waals surface area contributed by atoms with E-state index in [-0.39, 0.29) is 0 Å². The minimum Gasteiger partial charge on any atom is -0.389 e. The Labute approximate surface area is 111 Å². The van der Waals surface area contributed by atoms with Crippen molar-refractivity contribution in [2.24, 2.45) is 5.73 Å². The van der Waals surface area contributed by atoms with E-state index in [0.29, 0.717) is 16.1 Å². The SMILES string of the molecule is CC1COCCN1c1ccc(C(N)=S)c(Cl)c1. The summed E-state index contributed by atoms with van der Waals surface area (Å²) < 4.78 is 5.41. The fraction of sp³-hybridized carbons (Fsp3) is 0.417. The van der Waals surface area contributed by atoms with E-state index in [1.165, 1.54) is 0 Å². The Morgan fingerprint density at radius 2 is 2.35 bits per heavy atom. The van der Waals surface area contributed by atoms with Crippen LogP contribution in [0, 0.1) is 0 Å². The van der Waals surface area contributed by atoms with Crippen molar-refractivity contribution in [3.05, 3.63) is 28.8 Å². The van der Waals surface area contributed by atoms with Crippen molar-refractivity contribution in [3.8, 4) is 0 Å². The molecule has 1 unspecified atom stereocenters. The first kappa shape index (κ1) is 12.6. The number of hydrogen-bond acceptors (Lipinski definition) is 3. The molecule has 0 aliphatic carbocycles. The normalized spacial score (nSPS) is 20.4. The molecule has 1 atom stereocenters. The highest BCUT2D eigenvalue weighted by Crippen LogP contribution is 2.26. The first-order valence-electron chi connectivity index (χ1n) is 5.53. The maximum atomic E-state index is 6.17. The average Bonchev–Trinajstić information content (AvgIpc) is 2.29. The van der Waals surface area contributed by atoms with Gasteiger partial charge in [0.25, 0.3) is 0 Å². The Morgan fingerprint density at radius 3 is 2.94 bits per heavy atom. The van der Waals surface area contributed by atoms with Gasteiger partial charge in [-0.3, -0.25) is 0 Å². The summed E-state index contributed by atoms with van der Waals surface area (Å²) in [5, 5.41) is 0.605. The van der Waals surface area contributed by atoms with Crippen molar-refractivity contribution in [2.75, 3.05) is 24.7 Å². The zero-order valence-electron chi connectivity index (χ0n) is 9.65. The van der Waals surface area contributed by atoms with Gasteiger partial charge in [0, 0.05) is 23.8 Å². The number of morpholine rings is 1. The van der Waals surface area contributed by atoms with Crippen LogP contribution in [0.3, 0.4) is 0 Å². The molecule has 17 heavy (non-hydrogen) atoms. The van der Waals surface area contributed by atoms with Gasteiger partial charge in [-0.15, -0.1) is 0 Å². The van der Waals surface area contributed by atoms with Crippen LogP contribution in [-0.4, -0.2) is 30.8 Å². The fourth-order valence-electron chi connectivity index (χ4n) is 1.99. The topological polar surface area (TPSA) is 38.5 Å². The zero-order chi connectivity index (χ0) is 12.4. The Bertz CT molecular complexity index is 439. The van der Waals surface area contributed by atoms with Crippen LogP contribution in [0.25, 0.3) is 0 Å². The lowest BCUT2D eigenvalue weighted by molar-refractivity contribution is 0.0989. The summed E-state index contributed by atoms with van der Waals surface area (Å²) in [5.74, 6) is 0. The third-order valence-corrected chi connectivity index (χ3v) is 3.45. The molecule has 1 aliphatic rings. The summed E-state index contributed by atoms with van der Waals surface area (Å²) in [7, 11) is 0. The molecule has 5 heteroatoms. The predicted molar refractivity (Wildman–Crippen MR) is 75.0 cm³/mol. The molecule has 0 amide bonds. The summed E-state index contributed by atoms with van der Waals surface area (Å²) in [6.45, 7) is 4.51. The Morgan fingerprint density at radius 1 is 1.59 bits per heavy atom. The van der Waals surface area contributed by atoms with Crippen LogP contribution in [-0.2, 0) is 4.74 Å². The highest BCUT2D eigenvalue weighted by molar-refractivity contribution is 7.80. The predicted octanol–water partition coefficient (Wildman–Crippen LogP) is 2.20. The molecule has 92 valence electrons. The summed E-state index contributed by atoms with van der Waals surface area (Å²) in [6, 6.07) is 6.15. The summed E-state index contributed by atoms with van der Waals surface area (Å²) in [5.41, 5.74) is 7.40. The van der Waals surface area contributed by atoms with Gasteiger partial charge < -0.3 is 15.4 Å². The smallest absolute Gasteiger partial charge is 0.105 e. The molecule has 0 spiro atoms. The Balaban J connectivity index is 2.27. The second-order valence-electron chi connectivity index (χ2n) is 4.15. The highest BCUT2D eigenvalue weighted by atomic mass is 35.5. The molecule has 0 saturated carbocycles. The molecule has 1 fully saturated rings. The standard InChI is InChI=1S/C12H15ClN2OS/c1-8-7-16-5-4-15(8)9-2-3-10(12(14)17)11(13)6-9/h2-3,6,8H,4-5,7H2,1H3,(H2,14,17). The molecule has 2 N–H and O–H groups in total. The number of hydrogen-bond donors (Lipinski definition) is 1. The molecule has 2 rings (SSSR count). The van der Waals surface area contributed by atoms with Gasteiger partial charge in [-0.1, -0.05) is 23.8 Å². The zero-order valence-corrected chi connectivity index (χ0v) is 11.2. The van der Waals surface area contributed by atoms with E-state index in [2.05, 4.69) is 11.8 Å². The van der Waals surface area contributed by atoms with E-state index in [4.69, 9.17) is 34.3 Å². The van der Waals surface area contributed by atoms with Crippen LogP contribution in [0.2, 0.25) is 5.02 Å². The van der Waals surface area contributed by atoms with Crippen LogP contribution >= 0.6 is 23.8 Å². The third kappa shape index (κ3) is 2.70. The second-order valence-corrected chi connectivity index (χ2v) is 4.99. The van der Waals surface area contributed by atoms with Crippen molar-refractivity contribution in [1.29, 1.82) is 0 Å². The maximum Gasteiger partial charge on any atom is 0.105 e. The number of halogens is 1. The van der Waals surface area contributed by atoms with Gasteiger partial charge in [-0.05, 0) is 25.1 Å². The van der Waals surface area contributed by atoms with Crippen LogP contribution in [0.15, 0.2) is 18.2 Å². The van der Waals surface area contributed by atoms with Crippen molar-refractivity contribution in [2.45, 2.75) is 13.0 Å². The largest absolute Gasteiger partial charge is 0.389 e. The number of nitrogens with zero attached hydrogens (tertiary/aromatic N) is 1. The van der Waals surface area contributed by atoms with Gasteiger partial charge in [0.2, 0.25) is 0 Å². The van der Waals surface area contributed by atoms with E-state index >= 15 is 0 Å². The lowest BCUT2D eigenvalue weighted by Crippen LogP contribution is -2.43. The summed E-state index contributed by atoms with van der Waals surface area (Å²) in [6.07, 6.45) is 0. The highest BCUT2D eigenvalue weighted by Gasteiger charge is 2.19. The lowest BCUT2D eigenvalue weighted by Gasteiger charge is -2.35. The van der Waals surface area contributed by atoms with Crippen molar-refractivity contribution >= 4 is 34.5 Å². The lowest BCUT2D eigenvalue weighted by atomic mass is 10.1.